The third-order valence-corrected chi connectivity index (χ3v) is 7.51. The Morgan fingerprint density at radius 1 is 0.694 bits per heavy atom. The van der Waals surface area contributed by atoms with Gasteiger partial charge in [0.1, 0.15) is 5.70 Å². The quantitative estimate of drug-likeness (QED) is 0.0929. The minimum absolute atomic E-state index is 0.0515. The van der Waals surface area contributed by atoms with Gasteiger partial charge in [-0.1, -0.05) is 129 Å². The molecule has 1 unspecified atom stereocenters. The van der Waals surface area contributed by atoms with Crippen LogP contribution in [0.1, 0.15) is 142 Å². The highest BCUT2D eigenvalue weighted by molar-refractivity contribution is 6.35. The first kappa shape index (κ1) is 30.2. The molecule has 5 heteroatoms. The average Bonchev–Trinajstić information content (AvgIpc) is 3.25. The SMILES string of the molecule is CCCCCCCCCCCCC(CCCCCCCCCC)C(=O)C1=C2N=C(N)N=C2C=CC1=O. The summed E-state index contributed by atoms with van der Waals surface area (Å²) in [7, 11) is 0. The second-order valence-electron chi connectivity index (χ2n) is 10.7. The van der Waals surface area contributed by atoms with Gasteiger partial charge >= 0.3 is 0 Å². The molecule has 0 fully saturated rings. The summed E-state index contributed by atoms with van der Waals surface area (Å²) in [5, 5.41) is 0. The van der Waals surface area contributed by atoms with Crippen LogP contribution < -0.4 is 5.73 Å². The Kier molecular flexibility index (Phi) is 15.3. The predicted octanol–water partition coefficient (Wildman–Crippen LogP) is 8.18. The number of hydrogen-bond acceptors (Lipinski definition) is 5. The molecule has 0 radical (unpaired) electrons. The molecule has 2 rings (SSSR count). The number of ketones is 2. The molecule has 0 aromatic rings. The van der Waals surface area contributed by atoms with Crippen LogP contribution in [0.3, 0.4) is 0 Å². The monoisotopic (exact) mass is 497 g/mol. The van der Waals surface area contributed by atoms with Crippen molar-refractivity contribution < 1.29 is 9.59 Å². The van der Waals surface area contributed by atoms with Crippen LogP contribution in [0.2, 0.25) is 0 Å². The van der Waals surface area contributed by atoms with Crippen LogP contribution in [-0.4, -0.2) is 23.2 Å². The van der Waals surface area contributed by atoms with Crippen LogP contribution in [-0.2, 0) is 9.59 Å². The van der Waals surface area contributed by atoms with Gasteiger partial charge in [0.15, 0.2) is 11.6 Å². The van der Waals surface area contributed by atoms with Crippen LogP contribution in [0.25, 0.3) is 0 Å². The lowest BCUT2D eigenvalue weighted by Crippen LogP contribution is -2.25. The average molecular weight is 498 g/mol. The number of carbonyl (C=O) groups excluding carboxylic acids is 2. The van der Waals surface area contributed by atoms with Crippen LogP contribution in [0.4, 0.5) is 0 Å². The van der Waals surface area contributed by atoms with E-state index >= 15 is 0 Å². The van der Waals surface area contributed by atoms with Crippen molar-refractivity contribution in [2.75, 3.05) is 0 Å². The molecule has 0 spiro atoms. The number of Topliss-reactive ketones (excluding diaryl/α,β-unsaturated/α-hetero) is 1. The van der Waals surface area contributed by atoms with Crippen molar-refractivity contribution in [1.29, 1.82) is 0 Å². The van der Waals surface area contributed by atoms with Gasteiger partial charge < -0.3 is 5.73 Å². The largest absolute Gasteiger partial charge is 0.368 e. The Morgan fingerprint density at radius 3 is 1.61 bits per heavy atom. The molecule has 0 aromatic carbocycles. The van der Waals surface area contributed by atoms with E-state index in [-0.39, 0.29) is 29.0 Å². The van der Waals surface area contributed by atoms with E-state index < -0.39 is 0 Å². The third-order valence-electron chi connectivity index (χ3n) is 7.51. The van der Waals surface area contributed by atoms with Crippen molar-refractivity contribution in [3.8, 4) is 0 Å². The summed E-state index contributed by atoms with van der Waals surface area (Å²) in [5.74, 6) is -0.296. The molecule has 1 aliphatic carbocycles. The molecule has 0 aromatic heterocycles. The second kappa shape index (κ2) is 18.2. The van der Waals surface area contributed by atoms with Gasteiger partial charge in [-0.3, -0.25) is 9.59 Å². The highest BCUT2D eigenvalue weighted by Crippen LogP contribution is 2.28. The number of nitrogens with two attached hydrogens (primary N) is 1. The molecule has 0 bridgehead atoms. The van der Waals surface area contributed by atoms with Crippen molar-refractivity contribution in [2.45, 2.75) is 142 Å². The maximum Gasteiger partial charge on any atom is 0.221 e. The summed E-state index contributed by atoms with van der Waals surface area (Å²) in [6.07, 6.45) is 27.5. The number of allylic oxidation sites excluding steroid dienone is 3. The lowest BCUT2D eigenvalue weighted by atomic mass is 9.83. The number of guanidine groups is 1. The van der Waals surface area contributed by atoms with E-state index in [2.05, 4.69) is 23.8 Å². The van der Waals surface area contributed by atoms with Crippen molar-refractivity contribution in [1.82, 2.24) is 0 Å². The molecule has 0 amide bonds. The number of hydrogen-bond donors (Lipinski definition) is 1. The first-order valence-electron chi connectivity index (χ1n) is 15.0. The maximum absolute atomic E-state index is 13.6. The fourth-order valence-electron chi connectivity index (χ4n) is 5.28. The number of unbranched alkanes of at least 4 members (excludes halogenated alkanes) is 16. The Balaban J connectivity index is 1.84. The Hall–Kier alpha value is -2.04. The summed E-state index contributed by atoms with van der Waals surface area (Å²) in [4.78, 5) is 34.7. The molecule has 1 atom stereocenters. The highest BCUT2D eigenvalue weighted by atomic mass is 16.1. The van der Waals surface area contributed by atoms with E-state index in [1.807, 2.05) is 0 Å². The van der Waals surface area contributed by atoms with Crippen molar-refractivity contribution in [2.24, 2.45) is 21.6 Å². The van der Waals surface area contributed by atoms with Gasteiger partial charge in [0.25, 0.3) is 0 Å². The van der Waals surface area contributed by atoms with Crippen LogP contribution >= 0.6 is 0 Å². The molecular weight excluding hydrogens is 446 g/mol. The lowest BCUT2D eigenvalue weighted by molar-refractivity contribution is -0.122. The molecule has 2 N–H and O–H groups in total. The van der Waals surface area contributed by atoms with Gasteiger partial charge in [-0.05, 0) is 25.0 Å². The van der Waals surface area contributed by atoms with Gasteiger partial charge in [0, 0.05) is 5.92 Å². The number of aliphatic imine (C=N–C) groups is 2. The van der Waals surface area contributed by atoms with Crippen LogP contribution in [0.5, 0.6) is 0 Å². The molecule has 202 valence electrons. The molecule has 0 saturated carbocycles. The Labute approximate surface area is 220 Å². The van der Waals surface area contributed by atoms with Gasteiger partial charge in [0.05, 0.1) is 11.3 Å². The normalized spacial score (nSPS) is 15.8. The minimum Gasteiger partial charge on any atom is -0.368 e. The summed E-state index contributed by atoms with van der Waals surface area (Å²) in [6.45, 7) is 4.50. The van der Waals surface area contributed by atoms with Crippen molar-refractivity contribution in [3.05, 3.63) is 23.4 Å². The Morgan fingerprint density at radius 2 is 1.14 bits per heavy atom. The first-order valence-corrected chi connectivity index (χ1v) is 15.0. The van der Waals surface area contributed by atoms with Crippen LogP contribution in [0.15, 0.2) is 33.4 Å². The van der Waals surface area contributed by atoms with Crippen molar-refractivity contribution >= 4 is 23.2 Å². The van der Waals surface area contributed by atoms with Gasteiger partial charge in [-0.15, -0.1) is 0 Å². The number of nitrogens with zero attached hydrogens (tertiary/aromatic N) is 2. The highest BCUT2D eigenvalue weighted by Gasteiger charge is 2.33. The number of rotatable bonds is 22. The number of carbonyl (C=O) groups is 2. The summed E-state index contributed by atoms with van der Waals surface area (Å²) < 4.78 is 0. The van der Waals surface area contributed by atoms with E-state index in [0.29, 0.717) is 11.4 Å². The summed E-state index contributed by atoms with van der Waals surface area (Å²) in [6, 6.07) is 0. The molecule has 36 heavy (non-hydrogen) atoms. The van der Waals surface area contributed by atoms with Gasteiger partial charge in [-0.2, -0.15) is 0 Å². The van der Waals surface area contributed by atoms with E-state index in [0.717, 1.165) is 38.5 Å². The smallest absolute Gasteiger partial charge is 0.221 e. The molecule has 5 nitrogen and oxygen atoms in total. The van der Waals surface area contributed by atoms with Gasteiger partial charge in [-0.25, -0.2) is 9.98 Å². The molecule has 1 heterocycles. The second-order valence-corrected chi connectivity index (χ2v) is 10.7. The van der Waals surface area contributed by atoms with Crippen LogP contribution in [0, 0.1) is 5.92 Å². The molecule has 0 saturated heterocycles. The van der Waals surface area contributed by atoms with E-state index in [1.54, 1.807) is 6.08 Å². The van der Waals surface area contributed by atoms with E-state index in [1.165, 1.54) is 96.0 Å². The van der Waals surface area contributed by atoms with Gasteiger partial charge in [0.2, 0.25) is 5.96 Å². The zero-order valence-electron chi connectivity index (χ0n) is 23.2. The third kappa shape index (κ3) is 10.9. The fraction of sp³-hybridized carbons (Fsp3) is 0.742. The topological polar surface area (TPSA) is 84.9 Å². The molecular formula is C31H51N3O2. The number of fused-ring (bicyclic) bond motifs is 1. The predicted molar refractivity (Wildman–Crippen MR) is 152 cm³/mol. The summed E-state index contributed by atoms with van der Waals surface area (Å²) >= 11 is 0. The van der Waals surface area contributed by atoms with Crippen molar-refractivity contribution in [3.63, 3.8) is 0 Å². The zero-order valence-corrected chi connectivity index (χ0v) is 23.2. The van der Waals surface area contributed by atoms with E-state index in [4.69, 9.17) is 5.73 Å². The summed E-state index contributed by atoms with van der Waals surface area (Å²) in [5.41, 5.74) is 6.91. The first-order chi connectivity index (χ1) is 17.6. The zero-order chi connectivity index (χ0) is 26.0. The van der Waals surface area contributed by atoms with E-state index in [9.17, 15) is 9.59 Å². The fourth-order valence-corrected chi connectivity index (χ4v) is 5.28. The molecule has 2 aliphatic rings. The Bertz CT molecular complexity index is 807. The minimum atomic E-state index is -0.253. The lowest BCUT2D eigenvalue weighted by Gasteiger charge is -2.19. The standard InChI is InChI=1S/C31H51N3O2/c1-3-5-7-9-11-13-14-16-18-20-22-25(21-19-17-15-12-10-8-6-4-2)30(36)28-27(35)24-23-26-29(28)34-31(32)33-26/h23-25H,3-22H2,1-2H3,(H2,32,34). The maximum atomic E-state index is 13.6. The molecule has 1 aliphatic heterocycles.